The number of hydrogen-bond acceptors (Lipinski definition) is 5. The second-order valence-electron chi connectivity index (χ2n) is 5.95. The molecule has 0 unspecified atom stereocenters. The molecular weight excluding hydrogens is 344 g/mol. The van der Waals surface area contributed by atoms with E-state index in [0.29, 0.717) is 17.1 Å². The Balaban J connectivity index is 1.87. The molecule has 0 bridgehead atoms. The number of nitrogens with zero attached hydrogens (tertiary/aromatic N) is 2. The van der Waals surface area contributed by atoms with Gasteiger partial charge in [-0.1, -0.05) is 30.3 Å². The lowest BCUT2D eigenvalue weighted by Gasteiger charge is -2.14. The van der Waals surface area contributed by atoms with Crippen molar-refractivity contribution in [2.24, 2.45) is 0 Å². The smallest absolute Gasteiger partial charge is 0.268 e. The topological polar surface area (TPSA) is 68.7 Å². The summed E-state index contributed by atoms with van der Waals surface area (Å²) in [6, 6.07) is 17.5. The summed E-state index contributed by atoms with van der Waals surface area (Å²) in [6.07, 6.45) is 0. The van der Waals surface area contributed by atoms with Crippen LogP contribution in [0.15, 0.2) is 60.7 Å². The number of amides is 2. The van der Waals surface area contributed by atoms with Crippen LogP contribution >= 0.6 is 0 Å². The molecule has 1 aliphatic rings. The number of aromatic nitrogens is 1. The fourth-order valence-electron chi connectivity index (χ4n) is 3.11. The van der Waals surface area contributed by atoms with Gasteiger partial charge in [0.25, 0.3) is 11.8 Å². The highest BCUT2D eigenvalue weighted by molar-refractivity contribution is 6.36. The number of imide groups is 1. The molecule has 0 atom stereocenters. The van der Waals surface area contributed by atoms with Gasteiger partial charge in [-0.3, -0.25) is 9.59 Å². The molecule has 2 aromatic carbocycles. The third-order valence-corrected chi connectivity index (χ3v) is 4.43. The van der Waals surface area contributed by atoms with E-state index >= 15 is 0 Å². The Hall–Kier alpha value is -3.67. The number of anilines is 1. The van der Waals surface area contributed by atoms with Gasteiger partial charge < -0.3 is 9.47 Å². The minimum atomic E-state index is -0.408. The molecule has 134 valence electrons. The van der Waals surface area contributed by atoms with Crippen molar-refractivity contribution in [2.45, 2.75) is 0 Å². The number of pyridine rings is 1. The maximum absolute atomic E-state index is 13.1. The number of carbonyl (C=O) groups is 2. The van der Waals surface area contributed by atoms with Gasteiger partial charge in [0.2, 0.25) is 5.88 Å². The summed E-state index contributed by atoms with van der Waals surface area (Å²) in [5.74, 6) is 0.112. The monoisotopic (exact) mass is 360 g/mol. The second-order valence-corrected chi connectivity index (χ2v) is 5.95. The first-order valence-corrected chi connectivity index (χ1v) is 8.31. The van der Waals surface area contributed by atoms with Crippen LogP contribution in [0.25, 0.3) is 11.3 Å². The van der Waals surface area contributed by atoms with Crippen molar-refractivity contribution < 1.29 is 19.1 Å². The normalized spacial score (nSPS) is 12.9. The van der Waals surface area contributed by atoms with Gasteiger partial charge in [0, 0.05) is 11.6 Å². The number of fused-ring (bicyclic) bond motifs is 1. The Morgan fingerprint density at radius 1 is 0.852 bits per heavy atom. The summed E-state index contributed by atoms with van der Waals surface area (Å²) in [7, 11) is 3.03. The van der Waals surface area contributed by atoms with Crippen molar-refractivity contribution in [2.75, 3.05) is 19.1 Å². The molecule has 0 saturated carbocycles. The molecule has 0 N–H and O–H groups in total. The average molecular weight is 360 g/mol. The van der Waals surface area contributed by atoms with Gasteiger partial charge in [0.05, 0.1) is 36.7 Å². The van der Waals surface area contributed by atoms with E-state index in [-0.39, 0.29) is 17.0 Å². The molecule has 1 aromatic heterocycles. The molecule has 2 amide bonds. The maximum atomic E-state index is 13.1. The standard InChI is InChI=1S/C21H16N2O4/c1-26-15-10-8-14(9-11-15)23-20(24)16-12-17(27-2)22-19(18(16)21(23)25)13-6-4-3-5-7-13/h3-12H,1-2H3. The number of carbonyl (C=O) groups excluding carboxylic acids is 2. The molecule has 0 spiro atoms. The highest BCUT2D eigenvalue weighted by Gasteiger charge is 2.40. The maximum Gasteiger partial charge on any atom is 0.268 e. The Kier molecular flexibility index (Phi) is 4.08. The first-order chi connectivity index (χ1) is 13.1. The second kappa shape index (κ2) is 6.57. The first kappa shape index (κ1) is 16.8. The highest BCUT2D eigenvalue weighted by atomic mass is 16.5. The van der Waals surface area contributed by atoms with E-state index in [4.69, 9.17) is 9.47 Å². The molecule has 0 fully saturated rings. The molecule has 4 rings (SSSR count). The summed E-state index contributed by atoms with van der Waals surface area (Å²) in [4.78, 5) is 31.7. The molecule has 27 heavy (non-hydrogen) atoms. The summed E-state index contributed by atoms with van der Waals surface area (Å²) in [5, 5.41) is 0. The Morgan fingerprint density at radius 2 is 1.56 bits per heavy atom. The van der Waals surface area contributed by atoms with Crippen molar-refractivity contribution in [3.8, 4) is 22.9 Å². The van der Waals surface area contributed by atoms with Crippen LogP contribution in [0.1, 0.15) is 20.7 Å². The molecule has 0 radical (unpaired) electrons. The number of ether oxygens (including phenoxy) is 2. The minimum Gasteiger partial charge on any atom is -0.497 e. The summed E-state index contributed by atoms with van der Waals surface area (Å²) in [6.45, 7) is 0. The summed E-state index contributed by atoms with van der Waals surface area (Å²) < 4.78 is 10.4. The predicted octanol–water partition coefficient (Wildman–Crippen LogP) is 3.57. The fourth-order valence-corrected chi connectivity index (χ4v) is 3.11. The molecule has 6 nitrogen and oxygen atoms in total. The van der Waals surface area contributed by atoms with E-state index in [1.807, 2.05) is 30.3 Å². The third-order valence-electron chi connectivity index (χ3n) is 4.43. The molecule has 1 aliphatic heterocycles. The van der Waals surface area contributed by atoms with E-state index < -0.39 is 11.8 Å². The summed E-state index contributed by atoms with van der Waals surface area (Å²) >= 11 is 0. The van der Waals surface area contributed by atoms with Gasteiger partial charge in [0.15, 0.2) is 0 Å². The fraction of sp³-hybridized carbons (Fsp3) is 0.0952. The first-order valence-electron chi connectivity index (χ1n) is 8.31. The van der Waals surface area contributed by atoms with E-state index in [0.717, 1.165) is 10.5 Å². The average Bonchev–Trinajstić information content (AvgIpc) is 2.98. The lowest BCUT2D eigenvalue weighted by Crippen LogP contribution is -2.29. The SMILES string of the molecule is COc1ccc(N2C(=O)c3cc(OC)nc(-c4ccccc4)c3C2=O)cc1. The van der Waals surface area contributed by atoms with E-state index in [2.05, 4.69) is 4.98 Å². The largest absolute Gasteiger partial charge is 0.497 e. The molecule has 0 saturated heterocycles. The van der Waals surface area contributed by atoms with Crippen LogP contribution in [0.2, 0.25) is 0 Å². The minimum absolute atomic E-state index is 0.279. The van der Waals surface area contributed by atoms with Crippen LogP contribution in [0.3, 0.4) is 0 Å². The summed E-state index contributed by atoms with van der Waals surface area (Å²) in [5.41, 5.74) is 2.20. The molecule has 0 aliphatic carbocycles. The lowest BCUT2D eigenvalue weighted by atomic mass is 10.0. The molecular formula is C21H16N2O4. The third kappa shape index (κ3) is 2.71. The Bertz CT molecular complexity index is 1030. The van der Waals surface area contributed by atoms with Gasteiger partial charge in [-0.05, 0) is 24.3 Å². The number of rotatable bonds is 4. The van der Waals surface area contributed by atoms with E-state index in [9.17, 15) is 9.59 Å². The molecule has 3 aromatic rings. The highest BCUT2D eigenvalue weighted by Crippen LogP contribution is 2.36. The number of benzene rings is 2. The van der Waals surface area contributed by atoms with Crippen LogP contribution in [0.5, 0.6) is 11.6 Å². The zero-order valence-corrected chi connectivity index (χ0v) is 14.8. The van der Waals surface area contributed by atoms with E-state index in [1.54, 1.807) is 31.4 Å². The molecule has 2 heterocycles. The van der Waals surface area contributed by atoms with E-state index in [1.165, 1.54) is 13.2 Å². The van der Waals surface area contributed by atoms with Crippen molar-refractivity contribution in [1.29, 1.82) is 0 Å². The van der Waals surface area contributed by atoms with Gasteiger partial charge in [0.1, 0.15) is 5.75 Å². The van der Waals surface area contributed by atoms with Gasteiger partial charge in [-0.25, -0.2) is 9.88 Å². The van der Waals surface area contributed by atoms with Crippen LogP contribution < -0.4 is 14.4 Å². The van der Waals surface area contributed by atoms with Gasteiger partial charge in [-0.15, -0.1) is 0 Å². The van der Waals surface area contributed by atoms with Crippen molar-refractivity contribution in [1.82, 2.24) is 4.98 Å². The molecule has 6 heteroatoms. The Morgan fingerprint density at radius 3 is 2.19 bits per heavy atom. The van der Waals surface area contributed by atoms with Crippen LogP contribution in [-0.4, -0.2) is 31.0 Å². The lowest BCUT2D eigenvalue weighted by molar-refractivity contribution is 0.0926. The van der Waals surface area contributed by atoms with Crippen molar-refractivity contribution in [3.63, 3.8) is 0 Å². The van der Waals surface area contributed by atoms with Crippen LogP contribution in [0.4, 0.5) is 5.69 Å². The van der Waals surface area contributed by atoms with Crippen LogP contribution in [-0.2, 0) is 0 Å². The van der Waals surface area contributed by atoms with Gasteiger partial charge in [-0.2, -0.15) is 0 Å². The predicted molar refractivity (Wildman–Crippen MR) is 100 cm³/mol. The zero-order chi connectivity index (χ0) is 19.0. The number of hydrogen-bond donors (Lipinski definition) is 0. The number of methoxy groups -OCH3 is 2. The van der Waals surface area contributed by atoms with Crippen molar-refractivity contribution in [3.05, 3.63) is 71.8 Å². The van der Waals surface area contributed by atoms with Crippen molar-refractivity contribution >= 4 is 17.5 Å². The zero-order valence-electron chi connectivity index (χ0n) is 14.8. The van der Waals surface area contributed by atoms with Gasteiger partial charge >= 0.3 is 0 Å². The van der Waals surface area contributed by atoms with Crippen LogP contribution in [0, 0.1) is 0 Å². The quantitative estimate of drug-likeness (QED) is 0.666. The Labute approximate surface area is 156 Å².